The van der Waals surface area contributed by atoms with Gasteiger partial charge < -0.3 is 4.18 Å². The molecule has 0 spiro atoms. The number of nitrogens with zero attached hydrogens (tertiary/aromatic N) is 2. The van der Waals surface area contributed by atoms with E-state index in [1.165, 1.54) is 24.3 Å². The van der Waals surface area contributed by atoms with E-state index in [1.54, 1.807) is 48.5 Å². The first-order chi connectivity index (χ1) is 10.6. The third-order valence-corrected chi connectivity index (χ3v) is 3.94. The summed E-state index contributed by atoms with van der Waals surface area (Å²) in [5, 5.41) is 17.6. The maximum Gasteiger partial charge on any atom is 0.339 e. The SMILES string of the molecule is N#CC(C#N)=Cc1ccccc1OS(=O)(=O)c1ccccc1. The maximum atomic E-state index is 12.2. The zero-order valence-electron chi connectivity index (χ0n) is 11.3. The molecule has 0 aliphatic carbocycles. The molecule has 6 heteroatoms. The van der Waals surface area contributed by atoms with Gasteiger partial charge in [0.25, 0.3) is 0 Å². The van der Waals surface area contributed by atoms with E-state index in [0.29, 0.717) is 5.56 Å². The van der Waals surface area contributed by atoms with Gasteiger partial charge in [0.15, 0.2) is 0 Å². The number of allylic oxidation sites excluding steroid dienone is 1. The molecule has 0 atom stereocenters. The Kier molecular flexibility index (Phi) is 4.57. The van der Waals surface area contributed by atoms with Gasteiger partial charge in [-0.3, -0.25) is 0 Å². The van der Waals surface area contributed by atoms with Crippen LogP contribution in [0.15, 0.2) is 65.1 Å². The average molecular weight is 310 g/mol. The smallest absolute Gasteiger partial charge is 0.339 e. The molecule has 0 aromatic heterocycles. The van der Waals surface area contributed by atoms with Crippen LogP contribution in [0.5, 0.6) is 5.75 Å². The van der Waals surface area contributed by atoms with E-state index in [-0.39, 0.29) is 16.2 Å². The Morgan fingerprint density at radius 2 is 1.55 bits per heavy atom. The lowest BCUT2D eigenvalue weighted by Crippen LogP contribution is -2.10. The Morgan fingerprint density at radius 1 is 0.955 bits per heavy atom. The number of para-hydroxylation sites is 1. The van der Waals surface area contributed by atoms with E-state index in [2.05, 4.69) is 0 Å². The lowest BCUT2D eigenvalue weighted by atomic mass is 10.1. The summed E-state index contributed by atoms with van der Waals surface area (Å²) in [4.78, 5) is 0.0228. The highest BCUT2D eigenvalue weighted by atomic mass is 32.2. The van der Waals surface area contributed by atoms with Crippen LogP contribution in [0.25, 0.3) is 6.08 Å². The van der Waals surface area contributed by atoms with Crippen LogP contribution in [0.3, 0.4) is 0 Å². The van der Waals surface area contributed by atoms with Crippen molar-refractivity contribution in [1.82, 2.24) is 0 Å². The first-order valence-corrected chi connectivity index (χ1v) is 7.58. The van der Waals surface area contributed by atoms with Crippen molar-refractivity contribution in [3.8, 4) is 17.9 Å². The van der Waals surface area contributed by atoms with Gasteiger partial charge >= 0.3 is 10.1 Å². The molecular formula is C16H10N2O3S. The van der Waals surface area contributed by atoms with Crippen molar-refractivity contribution >= 4 is 16.2 Å². The van der Waals surface area contributed by atoms with Crippen LogP contribution in [-0.4, -0.2) is 8.42 Å². The lowest BCUT2D eigenvalue weighted by molar-refractivity contribution is 0.485. The Bertz CT molecular complexity index is 873. The van der Waals surface area contributed by atoms with Gasteiger partial charge in [-0.1, -0.05) is 36.4 Å². The summed E-state index contributed by atoms with van der Waals surface area (Å²) < 4.78 is 29.5. The fraction of sp³-hybridized carbons (Fsp3) is 0. The molecule has 0 aliphatic rings. The van der Waals surface area contributed by atoms with Crippen LogP contribution in [0.2, 0.25) is 0 Å². The molecule has 0 saturated carbocycles. The second kappa shape index (κ2) is 6.57. The van der Waals surface area contributed by atoms with Crippen molar-refractivity contribution in [2.45, 2.75) is 4.90 Å². The molecule has 0 N–H and O–H groups in total. The van der Waals surface area contributed by atoms with Gasteiger partial charge in [0.1, 0.15) is 28.4 Å². The van der Waals surface area contributed by atoms with Gasteiger partial charge in [-0.15, -0.1) is 0 Å². The molecule has 0 fully saturated rings. The third kappa shape index (κ3) is 3.51. The van der Waals surface area contributed by atoms with Crippen molar-refractivity contribution in [1.29, 1.82) is 10.5 Å². The average Bonchev–Trinajstić information content (AvgIpc) is 2.54. The van der Waals surface area contributed by atoms with Crippen LogP contribution in [0.1, 0.15) is 5.56 Å². The molecule has 0 saturated heterocycles. The minimum atomic E-state index is -3.98. The molecule has 0 unspecified atom stereocenters. The monoisotopic (exact) mass is 310 g/mol. The van der Waals surface area contributed by atoms with Crippen LogP contribution in [-0.2, 0) is 10.1 Å². The minimum Gasteiger partial charge on any atom is -0.378 e. The van der Waals surface area contributed by atoms with Gasteiger partial charge in [-0.05, 0) is 24.3 Å². The number of nitriles is 2. The predicted molar refractivity (Wildman–Crippen MR) is 79.9 cm³/mol. The molecular weight excluding hydrogens is 300 g/mol. The summed E-state index contributed by atoms with van der Waals surface area (Å²) in [5.74, 6) is 0.0503. The molecule has 2 aromatic carbocycles. The van der Waals surface area contributed by atoms with E-state index in [1.807, 2.05) is 0 Å². The zero-order chi connectivity index (χ0) is 16.0. The summed E-state index contributed by atoms with van der Waals surface area (Å²) >= 11 is 0. The molecule has 2 rings (SSSR count). The zero-order valence-corrected chi connectivity index (χ0v) is 12.1. The van der Waals surface area contributed by atoms with E-state index < -0.39 is 10.1 Å². The van der Waals surface area contributed by atoms with Gasteiger partial charge in [0, 0.05) is 5.56 Å². The second-order valence-electron chi connectivity index (χ2n) is 4.17. The molecule has 0 bridgehead atoms. The molecule has 22 heavy (non-hydrogen) atoms. The second-order valence-corrected chi connectivity index (χ2v) is 5.72. The Labute approximate surface area is 128 Å². The van der Waals surface area contributed by atoms with Crippen molar-refractivity contribution in [3.05, 3.63) is 65.7 Å². The first-order valence-electron chi connectivity index (χ1n) is 6.17. The van der Waals surface area contributed by atoms with Gasteiger partial charge in [-0.2, -0.15) is 18.9 Å². The number of hydrogen-bond donors (Lipinski definition) is 0. The fourth-order valence-corrected chi connectivity index (χ4v) is 2.65. The highest BCUT2D eigenvalue weighted by Gasteiger charge is 2.17. The topological polar surface area (TPSA) is 90.9 Å². The predicted octanol–water partition coefficient (Wildman–Crippen LogP) is 2.88. The molecule has 0 heterocycles. The van der Waals surface area contributed by atoms with Gasteiger partial charge in [0.05, 0.1) is 0 Å². The van der Waals surface area contributed by atoms with E-state index in [9.17, 15) is 8.42 Å². The highest BCUT2D eigenvalue weighted by molar-refractivity contribution is 7.87. The summed E-state index contributed by atoms with van der Waals surface area (Å²) in [6, 6.07) is 17.4. The number of rotatable bonds is 4. The molecule has 0 amide bonds. The maximum absolute atomic E-state index is 12.2. The molecule has 0 aliphatic heterocycles. The van der Waals surface area contributed by atoms with E-state index >= 15 is 0 Å². The van der Waals surface area contributed by atoms with Crippen molar-refractivity contribution in [2.24, 2.45) is 0 Å². The standard InChI is InChI=1S/C16H10N2O3S/c17-11-13(12-18)10-14-6-4-5-9-16(14)21-22(19,20)15-7-2-1-3-8-15/h1-10H. The molecule has 108 valence electrons. The largest absolute Gasteiger partial charge is 0.378 e. The molecule has 5 nitrogen and oxygen atoms in total. The quantitative estimate of drug-likeness (QED) is 0.639. The highest BCUT2D eigenvalue weighted by Crippen LogP contribution is 2.24. The van der Waals surface area contributed by atoms with Crippen LogP contribution < -0.4 is 4.18 Å². The number of benzene rings is 2. The van der Waals surface area contributed by atoms with Crippen molar-refractivity contribution in [3.63, 3.8) is 0 Å². The third-order valence-electron chi connectivity index (χ3n) is 2.69. The summed E-state index contributed by atoms with van der Waals surface area (Å²) in [7, 11) is -3.98. The molecule has 0 radical (unpaired) electrons. The van der Waals surface area contributed by atoms with Crippen LogP contribution in [0.4, 0.5) is 0 Å². The number of hydrogen-bond acceptors (Lipinski definition) is 5. The molecule has 2 aromatic rings. The summed E-state index contributed by atoms with van der Waals surface area (Å²) in [5.41, 5.74) is 0.188. The van der Waals surface area contributed by atoms with E-state index in [4.69, 9.17) is 14.7 Å². The first kappa shape index (κ1) is 15.3. The minimum absolute atomic E-state index is 0.0228. The van der Waals surface area contributed by atoms with Crippen molar-refractivity contribution < 1.29 is 12.6 Å². The lowest BCUT2D eigenvalue weighted by Gasteiger charge is -2.09. The van der Waals surface area contributed by atoms with Crippen LogP contribution in [0, 0.1) is 22.7 Å². The van der Waals surface area contributed by atoms with Gasteiger partial charge in [-0.25, -0.2) is 0 Å². The van der Waals surface area contributed by atoms with Crippen LogP contribution >= 0.6 is 0 Å². The normalized spacial score (nSPS) is 10.1. The Hall–Kier alpha value is -3.09. The Balaban J connectivity index is 2.42. The summed E-state index contributed by atoms with van der Waals surface area (Å²) in [6.45, 7) is 0. The Morgan fingerprint density at radius 3 is 2.18 bits per heavy atom. The van der Waals surface area contributed by atoms with Gasteiger partial charge in [0.2, 0.25) is 0 Å². The van der Waals surface area contributed by atoms with E-state index in [0.717, 1.165) is 0 Å². The fourth-order valence-electron chi connectivity index (χ4n) is 1.67. The van der Waals surface area contributed by atoms with Crippen molar-refractivity contribution in [2.75, 3.05) is 0 Å². The summed E-state index contributed by atoms with van der Waals surface area (Å²) in [6.07, 6.45) is 1.27.